The highest BCUT2D eigenvalue weighted by Gasteiger charge is 2.54. The van der Waals surface area contributed by atoms with Crippen molar-refractivity contribution in [1.29, 1.82) is 0 Å². The summed E-state index contributed by atoms with van der Waals surface area (Å²) in [5.74, 6) is 0.128. The molecule has 2 aromatic rings. The second kappa shape index (κ2) is 17.7. The molecule has 0 atom stereocenters. The smallest absolute Gasteiger partial charge is 0.324 e. The zero-order chi connectivity index (χ0) is 44.6. The van der Waals surface area contributed by atoms with Crippen LogP contribution in [0.15, 0.2) is 36.4 Å². The Morgan fingerprint density at radius 2 is 1.05 bits per heavy atom. The van der Waals surface area contributed by atoms with Crippen molar-refractivity contribution >= 4 is 11.9 Å². The van der Waals surface area contributed by atoms with Crippen molar-refractivity contribution in [2.24, 2.45) is 5.41 Å². The molecular formula is C51H82N2O6. The minimum Gasteiger partial charge on any atom is -0.507 e. The van der Waals surface area contributed by atoms with Gasteiger partial charge in [-0.2, -0.15) is 0 Å². The predicted molar refractivity (Wildman–Crippen MR) is 241 cm³/mol. The number of aryl methyl sites for hydroxylation is 1. The van der Waals surface area contributed by atoms with Gasteiger partial charge >= 0.3 is 11.9 Å². The second-order valence-electron chi connectivity index (χ2n) is 22.9. The van der Waals surface area contributed by atoms with Crippen LogP contribution in [-0.2, 0) is 36.3 Å². The highest BCUT2D eigenvalue weighted by Crippen LogP contribution is 2.45. The van der Waals surface area contributed by atoms with Crippen LogP contribution in [0.3, 0.4) is 0 Å². The zero-order valence-corrected chi connectivity index (χ0v) is 40.3. The molecule has 2 fully saturated rings. The summed E-state index contributed by atoms with van der Waals surface area (Å²) in [6.45, 7) is 32.7. The zero-order valence-electron chi connectivity index (χ0n) is 40.3. The van der Waals surface area contributed by atoms with E-state index in [1.54, 1.807) is 0 Å². The summed E-state index contributed by atoms with van der Waals surface area (Å²) in [6, 6.07) is 12.1. The standard InChI is InChI=1S/C51H82N2O6/c1-35-22-24-37(25-23-35)57-27-21-19-18-20-26-51(43(55)58-38-31-47(8,9)52(16)48(10,11)32-38,44(56)59-39-33-49(12,13)53(17)50(14,15)34-39)30-36-28-40(45(2,3)4)42(54)41(29-36)46(5,6)7/h22-25,28-29,38-39,54H,18-21,26-27,30-34H2,1-17H3. The van der Waals surface area contributed by atoms with Crippen molar-refractivity contribution < 1.29 is 28.9 Å². The Balaban J connectivity index is 1.78. The lowest BCUT2D eigenvalue weighted by atomic mass is 9.73. The summed E-state index contributed by atoms with van der Waals surface area (Å²) >= 11 is 0. The molecule has 0 amide bonds. The number of carbonyl (C=O) groups is 2. The number of nitrogens with zero attached hydrogens (tertiary/aromatic N) is 2. The number of rotatable bonds is 14. The molecule has 2 aromatic carbocycles. The fraction of sp³-hybridized carbons (Fsp3) is 0.725. The maximum Gasteiger partial charge on any atom is 0.324 e. The van der Waals surface area contributed by atoms with Gasteiger partial charge in [-0.25, -0.2) is 0 Å². The average molecular weight is 819 g/mol. The number of phenolic OH excluding ortho intramolecular Hbond substituents is 1. The van der Waals surface area contributed by atoms with E-state index in [0.717, 1.165) is 41.7 Å². The van der Waals surface area contributed by atoms with E-state index in [9.17, 15) is 5.11 Å². The van der Waals surface area contributed by atoms with Crippen LogP contribution in [0.25, 0.3) is 0 Å². The normalized spacial score (nSPS) is 20.3. The molecule has 0 saturated carbocycles. The van der Waals surface area contributed by atoms with Gasteiger partial charge in [0.05, 0.1) is 6.61 Å². The Labute approximate surface area is 359 Å². The van der Waals surface area contributed by atoms with Gasteiger partial charge in [0, 0.05) is 47.8 Å². The molecule has 2 aliphatic rings. The average Bonchev–Trinajstić information content (AvgIpc) is 3.08. The van der Waals surface area contributed by atoms with Crippen LogP contribution in [0.2, 0.25) is 0 Å². The first-order valence-corrected chi connectivity index (χ1v) is 22.4. The SMILES string of the molecule is Cc1ccc(OCCCCCCC(Cc2cc(C(C)(C)C)c(O)c(C(C)(C)C)c2)(C(=O)OC2CC(C)(C)N(C)C(C)(C)C2)C(=O)OC2CC(C)(C)N(C)C(C)(C)C2)cc1. The lowest BCUT2D eigenvalue weighted by Crippen LogP contribution is -2.61. The van der Waals surface area contributed by atoms with Gasteiger partial charge in [-0.05, 0) is 135 Å². The summed E-state index contributed by atoms with van der Waals surface area (Å²) in [5.41, 5.74) is 0.348. The summed E-state index contributed by atoms with van der Waals surface area (Å²) < 4.78 is 19.4. The van der Waals surface area contributed by atoms with Gasteiger partial charge in [-0.15, -0.1) is 0 Å². The minimum atomic E-state index is -1.60. The Morgan fingerprint density at radius 1 is 0.661 bits per heavy atom. The molecule has 0 aliphatic carbocycles. The molecule has 1 N–H and O–H groups in total. The summed E-state index contributed by atoms with van der Waals surface area (Å²) in [7, 11) is 4.28. The third-order valence-electron chi connectivity index (χ3n) is 13.9. The first kappa shape index (κ1) is 48.6. The molecule has 2 heterocycles. The molecular weight excluding hydrogens is 737 g/mol. The third kappa shape index (κ3) is 11.6. The second-order valence-corrected chi connectivity index (χ2v) is 22.9. The van der Waals surface area contributed by atoms with Gasteiger partial charge in [-0.1, -0.05) is 90.6 Å². The number of hydrogen-bond donors (Lipinski definition) is 1. The number of carbonyl (C=O) groups excluding carboxylic acids is 2. The monoisotopic (exact) mass is 819 g/mol. The number of piperidine rings is 2. The summed E-state index contributed by atoms with van der Waals surface area (Å²) in [4.78, 5) is 35.5. The van der Waals surface area contributed by atoms with E-state index in [2.05, 4.69) is 140 Å². The van der Waals surface area contributed by atoms with E-state index >= 15 is 9.59 Å². The number of unbranched alkanes of at least 4 members (excludes halogenated alkanes) is 3. The minimum absolute atomic E-state index is 0.118. The van der Waals surface area contributed by atoms with Crippen LogP contribution in [0.1, 0.15) is 177 Å². The maximum atomic E-state index is 15.4. The first-order valence-electron chi connectivity index (χ1n) is 22.4. The number of hydrogen-bond acceptors (Lipinski definition) is 8. The molecule has 59 heavy (non-hydrogen) atoms. The van der Waals surface area contributed by atoms with Crippen LogP contribution in [0, 0.1) is 12.3 Å². The largest absolute Gasteiger partial charge is 0.507 e. The number of aromatic hydroxyl groups is 1. The Morgan fingerprint density at radius 3 is 1.44 bits per heavy atom. The lowest BCUT2D eigenvalue weighted by molar-refractivity contribution is -0.188. The first-order chi connectivity index (χ1) is 26.9. The summed E-state index contributed by atoms with van der Waals surface area (Å²) in [6.07, 6.45) is 5.50. The van der Waals surface area contributed by atoms with Gasteiger partial charge in [-0.3, -0.25) is 19.4 Å². The van der Waals surface area contributed by atoms with Gasteiger partial charge in [0.2, 0.25) is 0 Å². The number of likely N-dealkylation sites (tertiary alicyclic amines) is 2. The van der Waals surface area contributed by atoms with E-state index in [4.69, 9.17) is 14.2 Å². The molecule has 0 radical (unpaired) electrons. The van der Waals surface area contributed by atoms with E-state index in [1.165, 1.54) is 5.56 Å². The van der Waals surface area contributed by atoms with Crippen molar-refractivity contribution in [2.45, 2.75) is 213 Å². The molecule has 0 unspecified atom stereocenters. The Bertz CT molecular complexity index is 1630. The quantitative estimate of drug-likeness (QED) is 0.115. The van der Waals surface area contributed by atoms with Crippen LogP contribution >= 0.6 is 0 Å². The molecule has 2 aliphatic heterocycles. The fourth-order valence-electron chi connectivity index (χ4n) is 9.77. The Kier molecular flexibility index (Phi) is 14.6. The van der Waals surface area contributed by atoms with E-state index in [0.29, 0.717) is 45.1 Å². The third-order valence-corrected chi connectivity index (χ3v) is 13.9. The topological polar surface area (TPSA) is 88.5 Å². The van der Waals surface area contributed by atoms with Gasteiger partial charge in [0.1, 0.15) is 23.7 Å². The van der Waals surface area contributed by atoms with Crippen LogP contribution in [-0.4, -0.2) is 81.9 Å². The van der Waals surface area contributed by atoms with E-state index in [1.807, 2.05) is 24.3 Å². The maximum absolute atomic E-state index is 15.4. The van der Waals surface area contributed by atoms with Crippen LogP contribution in [0.5, 0.6) is 11.5 Å². The molecule has 332 valence electrons. The molecule has 0 bridgehead atoms. The summed E-state index contributed by atoms with van der Waals surface area (Å²) in [5, 5.41) is 11.7. The van der Waals surface area contributed by atoms with Gasteiger partial charge in [0.25, 0.3) is 0 Å². The predicted octanol–water partition coefficient (Wildman–Crippen LogP) is 11.2. The van der Waals surface area contributed by atoms with Crippen LogP contribution < -0.4 is 4.74 Å². The fourth-order valence-corrected chi connectivity index (χ4v) is 9.77. The molecule has 4 rings (SSSR count). The van der Waals surface area contributed by atoms with Crippen molar-refractivity contribution in [3.63, 3.8) is 0 Å². The lowest BCUT2D eigenvalue weighted by Gasteiger charge is -2.53. The molecule has 0 spiro atoms. The van der Waals surface area contributed by atoms with Gasteiger partial charge < -0.3 is 19.3 Å². The molecule has 8 heteroatoms. The molecule has 0 aromatic heterocycles. The highest BCUT2D eigenvalue weighted by atomic mass is 16.6. The molecule has 8 nitrogen and oxygen atoms in total. The van der Waals surface area contributed by atoms with E-state index in [-0.39, 0.29) is 57.4 Å². The Hall–Kier alpha value is -3.10. The van der Waals surface area contributed by atoms with Gasteiger partial charge in [0.15, 0.2) is 5.41 Å². The van der Waals surface area contributed by atoms with Crippen molar-refractivity contribution in [3.05, 3.63) is 58.7 Å². The molecule has 2 saturated heterocycles. The van der Waals surface area contributed by atoms with Crippen molar-refractivity contribution in [3.8, 4) is 11.5 Å². The van der Waals surface area contributed by atoms with E-state index < -0.39 is 17.4 Å². The number of phenols is 1. The number of ether oxygens (including phenoxy) is 3. The van der Waals surface area contributed by atoms with Crippen LogP contribution in [0.4, 0.5) is 0 Å². The van der Waals surface area contributed by atoms with Crippen molar-refractivity contribution in [2.75, 3.05) is 20.7 Å². The highest BCUT2D eigenvalue weighted by molar-refractivity contribution is 6.00. The number of benzene rings is 2. The van der Waals surface area contributed by atoms with Crippen molar-refractivity contribution in [1.82, 2.24) is 9.80 Å². The number of esters is 2.